The van der Waals surface area contributed by atoms with Crippen LogP contribution in [0.25, 0.3) is 5.76 Å². The largest absolute Gasteiger partial charge is 0.508 e. The molecule has 14 nitrogen and oxygen atoms in total. The highest BCUT2D eigenvalue weighted by Crippen LogP contribution is 2.55. The van der Waals surface area contributed by atoms with Gasteiger partial charge in [-0.1, -0.05) is 19.1 Å². The number of nitrogens with two attached hydrogens (primary N) is 3. The molecule has 202 valence electrons. The first-order valence-corrected chi connectivity index (χ1v) is 10.8. The molecule has 1 saturated carbocycles. The normalized spacial score (nSPS) is 30.4. The SMILES string of the molecule is C[C@H]1c2cccc(O)c2C(O)=C2C(=O)[C@]3(O)C(O)=C(C(N)=O)C(=O)[C@@H](N(C)C)[C@@H]3[C@@H](O)[C@@H]21.NC(N)=O.O. The predicted octanol–water partition coefficient (Wildman–Crippen LogP) is -2.31. The van der Waals surface area contributed by atoms with E-state index in [1.54, 1.807) is 19.1 Å². The third-order valence-electron chi connectivity index (χ3n) is 6.99. The van der Waals surface area contributed by atoms with E-state index in [1.165, 1.54) is 25.1 Å². The fourth-order valence-electron chi connectivity index (χ4n) is 5.58. The molecule has 6 atom stereocenters. The number of Topliss-reactive ketones (excluding diaryl/α,β-unsaturated/α-hetero) is 2. The average molecular weight is 523 g/mol. The first-order chi connectivity index (χ1) is 16.6. The molecule has 3 aliphatic carbocycles. The zero-order valence-corrected chi connectivity index (χ0v) is 20.2. The number of primary amides is 3. The maximum absolute atomic E-state index is 13.7. The molecule has 0 heterocycles. The van der Waals surface area contributed by atoms with Crippen LogP contribution >= 0.6 is 0 Å². The highest BCUT2D eigenvalue weighted by atomic mass is 16.4. The molecule has 0 saturated heterocycles. The Bertz CT molecular complexity index is 1240. The number of aliphatic hydroxyl groups excluding tert-OH is 3. The number of aliphatic hydroxyl groups is 4. The van der Waals surface area contributed by atoms with Gasteiger partial charge in [-0.25, -0.2) is 4.79 Å². The van der Waals surface area contributed by atoms with Crippen LogP contribution in [0.2, 0.25) is 0 Å². The molecular formula is C23H30N4O10. The number of phenols is 1. The van der Waals surface area contributed by atoms with Gasteiger partial charge >= 0.3 is 6.03 Å². The van der Waals surface area contributed by atoms with Crippen molar-refractivity contribution in [3.8, 4) is 5.75 Å². The van der Waals surface area contributed by atoms with Gasteiger partial charge in [0.1, 0.15) is 22.8 Å². The number of urea groups is 1. The van der Waals surface area contributed by atoms with Gasteiger partial charge in [0, 0.05) is 11.5 Å². The van der Waals surface area contributed by atoms with Crippen molar-refractivity contribution in [1.29, 1.82) is 0 Å². The van der Waals surface area contributed by atoms with E-state index in [0.717, 1.165) is 0 Å². The summed E-state index contributed by atoms with van der Waals surface area (Å²) in [7, 11) is 2.92. The summed E-state index contributed by atoms with van der Waals surface area (Å²) in [6, 6.07) is 2.30. The topological polar surface area (TPSA) is 282 Å². The average Bonchev–Trinajstić information content (AvgIpc) is 2.75. The van der Waals surface area contributed by atoms with E-state index in [9.17, 15) is 39.9 Å². The monoisotopic (exact) mass is 522 g/mol. The Morgan fingerprint density at radius 2 is 1.59 bits per heavy atom. The van der Waals surface area contributed by atoms with E-state index >= 15 is 0 Å². The van der Waals surface area contributed by atoms with Gasteiger partial charge in [-0.2, -0.15) is 0 Å². The minimum absolute atomic E-state index is 0. The number of phenolic OH excluding ortho intramolecular Hbond substituents is 1. The Kier molecular flexibility index (Phi) is 7.76. The lowest BCUT2D eigenvalue weighted by molar-refractivity contribution is -0.169. The molecule has 14 heteroatoms. The Labute approximate surface area is 210 Å². The van der Waals surface area contributed by atoms with Crippen molar-refractivity contribution in [3.05, 3.63) is 46.2 Å². The van der Waals surface area contributed by atoms with Crippen molar-refractivity contribution < 1.29 is 50.2 Å². The third kappa shape index (κ3) is 4.09. The first kappa shape index (κ1) is 29.3. The summed E-state index contributed by atoms with van der Waals surface area (Å²) < 4.78 is 0. The van der Waals surface area contributed by atoms with Gasteiger partial charge in [-0.05, 0) is 31.6 Å². The number of likely N-dealkylation sites (N-methyl/N-ethyl adjacent to an activating group) is 1. The molecule has 0 spiro atoms. The summed E-state index contributed by atoms with van der Waals surface area (Å²) in [5.74, 6) is -8.87. The van der Waals surface area contributed by atoms with Crippen molar-refractivity contribution in [1.82, 2.24) is 4.90 Å². The molecule has 3 amide bonds. The van der Waals surface area contributed by atoms with Crippen LogP contribution in [-0.4, -0.2) is 91.3 Å². The number of hydrogen-bond acceptors (Lipinski definition) is 10. The quantitative estimate of drug-likeness (QED) is 0.192. The summed E-state index contributed by atoms with van der Waals surface area (Å²) in [5.41, 5.74) is 9.97. The number of fused-ring (bicyclic) bond motifs is 3. The zero-order valence-electron chi connectivity index (χ0n) is 20.2. The Morgan fingerprint density at radius 1 is 1.05 bits per heavy atom. The van der Waals surface area contributed by atoms with E-state index in [1.807, 2.05) is 0 Å². The zero-order chi connectivity index (χ0) is 27.4. The lowest BCUT2D eigenvalue weighted by atomic mass is 9.54. The summed E-state index contributed by atoms with van der Waals surface area (Å²) >= 11 is 0. The fourth-order valence-corrected chi connectivity index (χ4v) is 5.58. The van der Waals surface area contributed by atoms with Gasteiger partial charge in [0.15, 0.2) is 11.4 Å². The van der Waals surface area contributed by atoms with Crippen LogP contribution in [0.5, 0.6) is 5.75 Å². The van der Waals surface area contributed by atoms with Crippen LogP contribution in [0.4, 0.5) is 4.79 Å². The number of aromatic hydroxyl groups is 1. The van der Waals surface area contributed by atoms with Gasteiger partial charge < -0.3 is 48.2 Å². The molecule has 1 aromatic rings. The summed E-state index contributed by atoms with van der Waals surface area (Å²) in [5, 5.41) is 54.9. The van der Waals surface area contributed by atoms with E-state index in [2.05, 4.69) is 11.5 Å². The van der Waals surface area contributed by atoms with Crippen molar-refractivity contribution in [2.75, 3.05) is 14.1 Å². The van der Waals surface area contributed by atoms with E-state index < -0.39 is 81.7 Å². The molecular weight excluding hydrogens is 492 g/mol. The van der Waals surface area contributed by atoms with Crippen LogP contribution in [0.1, 0.15) is 24.0 Å². The van der Waals surface area contributed by atoms with Gasteiger partial charge in [-0.3, -0.25) is 19.3 Å². The highest BCUT2D eigenvalue weighted by Gasteiger charge is 2.68. The van der Waals surface area contributed by atoms with Gasteiger partial charge in [0.2, 0.25) is 5.78 Å². The maximum atomic E-state index is 13.7. The van der Waals surface area contributed by atoms with Crippen LogP contribution in [0.15, 0.2) is 35.1 Å². The lowest BCUT2D eigenvalue weighted by Crippen LogP contribution is -2.70. The van der Waals surface area contributed by atoms with Crippen LogP contribution < -0.4 is 17.2 Å². The standard InChI is InChI=1S/C22H24N2O8.CH4N2O.H2O/c1-7-8-5-4-6-9(25)11(8)16(26)12-10(7)17(27)14-15(24(2)3)18(28)13(21(23)31)20(30)22(14,32)19(12)29;2-1(3)4;/h4-7,10,14-15,17,25-27,30,32H,1-3H3,(H2,23,31);(H4,2,3,4);1H2/t7-,10+,14+,15-,17-,22-;;/m0../s1. The van der Waals surface area contributed by atoms with Crippen LogP contribution in [-0.2, 0) is 14.4 Å². The molecule has 0 unspecified atom stereocenters. The number of nitrogens with zero attached hydrogens (tertiary/aromatic N) is 1. The van der Waals surface area contributed by atoms with Gasteiger partial charge in [0.05, 0.1) is 23.6 Å². The number of hydrogen-bond donors (Lipinski definition) is 8. The molecule has 1 fully saturated rings. The van der Waals surface area contributed by atoms with Crippen molar-refractivity contribution >= 4 is 29.3 Å². The molecule has 0 aliphatic heterocycles. The van der Waals surface area contributed by atoms with Gasteiger partial charge in [0.25, 0.3) is 5.91 Å². The fraction of sp³-hybridized carbons (Fsp3) is 0.391. The number of benzene rings is 1. The van der Waals surface area contributed by atoms with Crippen molar-refractivity contribution in [3.63, 3.8) is 0 Å². The second-order valence-electron chi connectivity index (χ2n) is 9.19. The lowest BCUT2D eigenvalue weighted by Gasteiger charge is -2.53. The predicted molar refractivity (Wildman–Crippen MR) is 128 cm³/mol. The molecule has 13 N–H and O–H groups in total. The van der Waals surface area contributed by atoms with Gasteiger partial charge in [-0.15, -0.1) is 0 Å². The Morgan fingerprint density at radius 3 is 2.08 bits per heavy atom. The van der Waals surface area contributed by atoms with Crippen LogP contribution in [0, 0.1) is 11.8 Å². The number of amides is 3. The Balaban J connectivity index is 0.000000898. The molecule has 3 aliphatic rings. The third-order valence-corrected chi connectivity index (χ3v) is 6.99. The smallest absolute Gasteiger partial charge is 0.309 e. The first-order valence-electron chi connectivity index (χ1n) is 10.8. The number of carbonyl (C=O) groups is 4. The van der Waals surface area contributed by atoms with E-state index in [0.29, 0.717) is 5.56 Å². The number of ketones is 2. The van der Waals surface area contributed by atoms with Crippen LogP contribution in [0.3, 0.4) is 0 Å². The maximum Gasteiger partial charge on any atom is 0.309 e. The number of carbonyl (C=O) groups excluding carboxylic acids is 4. The molecule has 37 heavy (non-hydrogen) atoms. The minimum atomic E-state index is -2.89. The number of rotatable bonds is 2. The molecule has 1 aromatic carbocycles. The van der Waals surface area contributed by atoms with Crippen molar-refractivity contribution in [2.45, 2.75) is 30.6 Å². The minimum Gasteiger partial charge on any atom is -0.508 e. The molecule has 0 radical (unpaired) electrons. The second-order valence-corrected chi connectivity index (χ2v) is 9.19. The summed E-state index contributed by atoms with van der Waals surface area (Å²) in [6.07, 6.45) is -1.59. The summed E-state index contributed by atoms with van der Waals surface area (Å²) in [4.78, 5) is 49.0. The second kappa shape index (κ2) is 9.82. The molecule has 4 rings (SSSR count). The summed E-state index contributed by atoms with van der Waals surface area (Å²) in [6.45, 7) is 1.68. The van der Waals surface area contributed by atoms with E-state index in [-0.39, 0.29) is 16.8 Å². The highest BCUT2D eigenvalue weighted by molar-refractivity contribution is 6.24. The molecule has 0 bridgehead atoms. The van der Waals surface area contributed by atoms with Crippen molar-refractivity contribution in [2.24, 2.45) is 29.0 Å². The Hall–Kier alpha value is -3.98. The van der Waals surface area contributed by atoms with E-state index in [4.69, 9.17) is 10.5 Å². The molecule has 0 aromatic heterocycles.